The van der Waals surface area contributed by atoms with Crippen LogP contribution in [0, 0.1) is 0 Å². The SMILES string of the molecule is C=N/C(C)=C(Cl)\C=C(/C)C(F)(F)F. The molecule has 0 aliphatic rings. The lowest BCUT2D eigenvalue weighted by Crippen LogP contribution is -2.08. The summed E-state index contributed by atoms with van der Waals surface area (Å²) in [7, 11) is 0. The van der Waals surface area contributed by atoms with Gasteiger partial charge in [0.25, 0.3) is 0 Å². The maximum atomic E-state index is 12.0. The molecule has 0 aromatic heterocycles. The molecule has 0 saturated carbocycles. The van der Waals surface area contributed by atoms with E-state index in [1.54, 1.807) is 0 Å². The van der Waals surface area contributed by atoms with Crippen molar-refractivity contribution in [2.75, 3.05) is 0 Å². The predicted molar refractivity (Wildman–Crippen MR) is 47.9 cm³/mol. The number of allylic oxidation sites excluding steroid dienone is 4. The second kappa shape index (κ2) is 4.46. The van der Waals surface area contributed by atoms with Crippen LogP contribution in [0.1, 0.15) is 13.8 Å². The van der Waals surface area contributed by atoms with Gasteiger partial charge in [-0.2, -0.15) is 13.2 Å². The van der Waals surface area contributed by atoms with E-state index in [2.05, 4.69) is 11.7 Å². The molecule has 0 unspecified atom stereocenters. The zero-order valence-electron chi connectivity index (χ0n) is 7.24. The first-order valence-corrected chi connectivity index (χ1v) is 3.75. The minimum Gasteiger partial charge on any atom is -0.268 e. The van der Waals surface area contributed by atoms with E-state index in [1.807, 2.05) is 0 Å². The maximum Gasteiger partial charge on any atom is 0.412 e. The van der Waals surface area contributed by atoms with Crippen LogP contribution in [0.5, 0.6) is 0 Å². The molecule has 0 aliphatic carbocycles. The molecule has 0 rings (SSSR count). The Bertz CT molecular complexity index is 263. The first-order chi connectivity index (χ1) is 5.79. The largest absolute Gasteiger partial charge is 0.412 e. The molecule has 0 fully saturated rings. The molecule has 0 amide bonds. The van der Waals surface area contributed by atoms with Gasteiger partial charge in [0.05, 0.1) is 10.7 Å². The van der Waals surface area contributed by atoms with Gasteiger partial charge in [0, 0.05) is 5.57 Å². The smallest absolute Gasteiger partial charge is 0.268 e. The Hall–Kier alpha value is -0.770. The molecule has 0 heterocycles. The van der Waals surface area contributed by atoms with Crippen molar-refractivity contribution < 1.29 is 13.2 Å². The topological polar surface area (TPSA) is 12.4 Å². The van der Waals surface area contributed by atoms with Crippen LogP contribution < -0.4 is 0 Å². The summed E-state index contributed by atoms with van der Waals surface area (Å²) in [4.78, 5) is 3.41. The Labute approximate surface area is 79.6 Å². The molecule has 0 spiro atoms. The average molecular weight is 212 g/mol. The zero-order chi connectivity index (χ0) is 10.6. The second-order valence-electron chi connectivity index (χ2n) is 2.42. The van der Waals surface area contributed by atoms with Gasteiger partial charge in [-0.1, -0.05) is 11.6 Å². The first-order valence-electron chi connectivity index (χ1n) is 3.37. The predicted octanol–water partition coefficient (Wildman–Crippen LogP) is 3.67. The molecule has 0 N–H and O–H groups in total. The van der Waals surface area contributed by atoms with Gasteiger partial charge < -0.3 is 0 Å². The molecule has 0 bridgehead atoms. The number of halogens is 4. The summed E-state index contributed by atoms with van der Waals surface area (Å²) >= 11 is 5.50. The fourth-order valence-corrected chi connectivity index (χ4v) is 0.675. The molecule has 13 heavy (non-hydrogen) atoms. The molecular formula is C8H9ClF3N. The Morgan fingerprint density at radius 3 is 2.15 bits per heavy atom. The Morgan fingerprint density at radius 2 is 1.85 bits per heavy atom. The first kappa shape index (κ1) is 12.2. The molecule has 0 radical (unpaired) electrons. The van der Waals surface area contributed by atoms with Crippen molar-refractivity contribution in [3.05, 3.63) is 22.4 Å². The van der Waals surface area contributed by atoms with Crippen molar-refractivity contribution in [2.45, 2.75) is 20.0 Å². The van der Waals surface area contributed by atoms with Crippen molar-refractivity contribution in [1.82, 2.24) is 0 Å². The van der Waals surface area contributed by atoms with Crippen LogP contribution >= 0.6 is 11.6 Å². The van der Waals surface area contributed by atoms with Crippen LogP contribution in [0.3, 0.4) is 0 Å². The number of hydrogen-bond donors (Lipinski definition) is 0. The summed E-state index contributed by atoms with van der Waals surface area (Å²) in [5.41, 5.74) is -0.495. The molecule has 5 heteroatoms. The van der Waals surface area contributed by atoms with Crippen LogP contribution in [0.25, 0.3) is 0 Å². The highest BCUT2D eigenvalue weighted by atomic mass is 35.5. The highest BCUT2D eigenvalue weighted by Crippen LogP contribution is 2.27. The third-order valence-electron chi connectivity index (χ3n) is 1.37. The normalized spacial score (nSPS) is 15.4. The van der Waals surface area contributed by atoms with Crippen LogP contribution in [-0.2, 0) is 0 Å². The number of alkyl halides is 3. The van der Waals surface area contributed by atoms with Crippen LogP contribution in [0.2, 0.25) is 0 Å². The summed E-state index contributed by atoms with van der Waals surface area (Å²) in [5, 5.41) is -0.0511. The van der Waals surface area contributed by atoms with Crippen molar-refractivity contribution in [2.24, 2.45) is 4.99 Å². The van der Waals surface area contributed by atoms with E-state index in [-0.39, 0.29) is 10.7 Å². The lowest BCUT2D eigenvalue weighted by atomic mass is 10.2. The van der Waals surface area contributed by atoms with E-state index in [1.165, 1.54) is 6.92 Å². The van der Waals surface area contributed by atoms with Crippen molar-refractivity contribution in [3.8, 4) is 0 Å². The lowest BCUT2D eigenvalue weighted by molar-refractivity contribution is -0.0913. The molecule has 0 aliphatic heterocycles. The fraction of sp³-hybridized carbons (Fsp3) is 0.375. The minimum atomic E-state index is -4.35. The van der Waals surface area contributed by atoms with E-state index in [4.69, 9.17) is 11.6 Å². The van der Waals surface area contributed by atoms with Crippen molar-refractivity contribution in [3.63, 3.8) is 0 Å². The average Bonchev–Trinajstić information content (AvgIpc) is 2.01. The van der Waals surface area contributed by atoms with E-state index >= 15 is 0 Å². The van der Waals surface area contributed by atoms with Gasteiger partial charge in [-0.15, -0.1) is 0 Å². The van der Waals surface area contributed by atoms with Crippen LogP contribution in [0.4, 0.5) is 13.2 Å². The summed E-state index contributed by atoms with van der Waals surface area (Å²) < 4.78 is 35.9. The number of hydrogen-bond acceptors (Lipinski definition) is 1. The maximum absolute atomic E-state index is 12.0. The molecule has 0 atom stereocenters. The minimum absolute atomic E-state index is 0.0511. The molecule has 0 aromatic carbocycles. The number of nitrogens with zero attached hydrogens (tertiary/aromatic N) is 1. The van der Waals surface area contributed by atoms with Gasteiger partial charge in [0.2, 0.25) is 0 Å². The summed E-state index contributed by atoms with van der Waals surface area (Å²) in [6.45, 7) is 5.57. The van der Waals surface area contributed by atoms with E-state index in [0.29, 0.717) is 0 Å². The third kappa shape index (κ3) is 4.12. The van der Waals surface area contributed by atoms with Gasteiger partial charge in [-0.3, -0.25) is 4.99 Å². The molecule has 0 saturated heterocycles. The Kier molecular flexibility index (Phi) is 4.20. The highest BCUT2D eigenvalue weighted by molar-refractivity contribution is 6.31. The molecule has 1 nitrogen and oxygen atoms in total. The fourth-order valence-electron chi connectivity index (χ4n) is 0.452. The Balaban J connectivity index is 4.87. The summed E-state index contributed by atoms with van der Waals surface area (Å²) in [6, 6.07) is 0. The lowest BCUT2D eigenvalue weighted by Gasteiger charge is -2.05. The van der Waals surface area contributed by atoms with E-state index < -0.39 is 11.7 Å². The Morgan fingerprint density at radius 1 is 1.38 bits per heavy atom. The van der Waals surface area contributed by atoms with Gasteiger partial charge in [-0.05, 0) is 26.6 Å². The van der Waals surface area contributed by atoms with Gasteiger partial charge in [0.15, 0.2) is 0 Å². The van der Waals surface area contributed by atoms with Crippen molar-refractivity contribution in [1.29, 1.82) is 0 Å². The van der Waals surface area contributed by atoms with Crippen LogP contribution in [0.15, 0.2) is 27.4 Å². The monoisotopic (exact) mass is 211 g/mol. The zero-order valence-corrected chi connectivity index (χ0v) is 8.00. The molecule has 0 aromatic rings. The molecule has 74 valence electrons. The standard InChI is InChI=1S/C8H9ClF3N/c1-5(8(10,11)12)4-7(9)6(2)13-3/h4H,3H2,1-2H3/b5-4+,7-6+. The highest BCUT2D eigenvalue weighted by Gasteiger charge is 2.29. The second-order valence-corrected chi connectivity index (χ2v) is 2.82. The number of aliphatic imine (C=N–C) groups is 1. The van der Waals surface area contributed by atoms with E-state index in [9.17, 15) is 13.2 Å². The quantitative estimate of drug-likeness (QED) is 0.488. The van der Waals surface area contributed by atoms with Gasteiger partial charge in [0.1, 0.15) is 0 Å². The summed E-state index contributed by atoms with van der Waals surface area (Å²) in [5.74, 6) is 0. The third-order valence-corrected chi connectivity index (χ3v) is 1.76. The van der Waals surface area contributed by atoms with Gasteiger partial charge >= 0.3 is 6.18 Å². The van der Waals surface area contributed by atoms with E-state index in [0.717, 1.165) is 13.0 Å². The number of rotatable bonds is 2. The molecular weight excluding hydrogens is 203 g/mol. The van der Waals surface area contributed by atoms with Crippen LogP contribution in [-0.4, -0.2) is 12.9 Å². The van der Waals surface area contributed by atoms with Crippen molar-refractivity contribution >= 4 is 18.3 Å². The van der Waals surface area contributed by atoms with Gasteiger partial charge in [-0.25, -0.2) is 0 Å². The summed E-state index contributed by atoms with van der Waals surface area (Å²) in [6.07, 6.45) is -3.52.